The fraction of sp³-hybridized carbons (Fsp3) is 0.882. The molecule has 2 fully saturated rings. The number of thioether (sulfide) groups is 1. The third-order valence-electron chi connectivity index (χ3n) is 4.70. The average Bonchev–Trinajstić information content (AvgIpc) is 3.04. The summed E-state index contributed by atoms with van der Waals surface area (Å²) in [4.78, 5) is 19.3. The minimum atomic E-state index is 0. The summed E-state index contributed by atoms with van der Waals surface area (Å²) in [6.07, 6.45) is 9.04. The molecule has 1 unspecified atom stereocenters. The topological polar surface area (TPSA) is 56.7 Å². The van der Waals surface area contributed by atoms with Crippen LogP contribution in [-0.2, 0) is 4.79 Å². The maximum atomic E-state index is 12.6. The molecule has 140 valence electrons. The van der Waals surface area contributed by atoms with Gasteiger partial charge in [-0.05, 0) is 32.4 Å². The first kappa shape index (κ1) is 21.9. The normalized spacial score (nSPS) is 22.2. The van der Waals surface area contributed by atoms with E-state index in [1.54, 1.807) is 0 Å². The van der Waals surface area contributed by atoms with Crippen molar-refractivity contribution in [3.63, 3.8) is 0 Å². The molecule has 1 aliphatic carbocycles. The van der Waals surface area contributed by atoms with Gasteiger partial charge in [0.15, 0.2) is 5.96 Å². The van der Waals surface area contributed by atoms with Crippen LogP contribution in [0.2, 0.25) is 0 Å². The Morgan fingerprint density at radius 2 is 2.00 bits per heavy atom. The van der Waals surface area contributed by atoms with E-state index < -0.39 is 0 Å². The van der Waals surface area contributed by atoms with E-state index in [1.807, 2.05) is 11.8 Å². The molecule has 1 aliphatic heterocycles. The molecule has 0 bridgehead atoms. The van der Waals surface area contributed by atoms with Gasteiger partial charge in [0.05, 0.1) is 6.54 Å². The van der Waals surface area contributed by atoms with Crippen LogP contribution in [0.25, 0.3) is 0 Å². The highest BCUT2D eigenvalue weighted by Gasteiger charge is 2.31. The van der Waals surface area contributed by atoms with Crippen LogP contribution in [0.4, 0.5) is 0 Å². The Labute approximate surface area is 168 Å². The molecule has 0 spiro atoms. The Balaban J connectivity index is 0.00000288. The number of hydrogen-bond donors (Lipinski definition) is 2. The van der Waals surface area contributed by atoms with E-state index in [4.69, 9.17) is 0 Å². The van der Waals surface area contributed by atoms with Crippen LogP contribution in [0, 0.1) is 5.92 Å². The summed E-state index contributed by atoms with van der Waals surface area (Å²) in [6, 6.07) is 0.328. The van der Waals surface area contributed by atoms with Gasteiger partial charge in [-0.2, -0.15) is 11.8 Å². The molecular weight excluding hydrogens is 435 g/mol. The molecular formula is C17H33IN4OS. The van der Waals surface area contributed by atoms with Crippen molar-refractivity contribution >= 4 is 47.6 Å². The van der Waals surface area contributed by atoms with Crippen LogP contribution in [-0.4, -0.2) is 61.0 Å². The fourth-order valence-electron chi connectivity index (χ4n) is 3.45. The molecule has 1 saturated heterocycles. The van der Waals surface area contributed by atoms with E-state index in [2.05, 4.69) is 33.7 Å². The van der Waals surface area contributed by atoms with Crippen molar-refractivity contribution in [3.8, 4) is 0 Å². The number of guanidine groups is 1. The van der Waals surface area contributed by atoms with Gasteiger partial charge >= 0.3 is 0 Å². The predicted octanol–water partition coefficient (Wildman–Crippen LogP) is 2.70. The highest BCUT2D eigenvalue weighted by molar-refractivity contribution is 14.0. The number of carbonyl (C=O) groups excluding carboxylic acids is 1. The van der Waals surface area contributed by atoms with Gasteiger partial charge in [0.25, 0.3) is 0 Å². The van der Waals surface area contributed by atoms with E-state index >= 15 is 0 Å². The molecule has 2 aliphatic rings. The third kappa shape index (κ3) is 6.98. The van der Waals surface area contributed by atoms with Gasteiger partial charge in [-0.3, -0.25) is 9.79 Å². The molecule has 7 heteroatoms. The first-order chi connectivity index (χ1) is 11.2. The maximum Gasteiger partial charge on any atom is 0.225 e. The summed E-state index contributed by atoms with van der Waals surface area (Å²) in [7, 11) is 0. The van der Waals surface area contributed by atoms with Crippen molar-refractivity contribution in [2.45, 2.75) is 51.5 Å². The number of nitrogens with one attached hydrogen (secondary N) is 2. The summed E-state index contributed by atoms with van der Waals surface area (Å²) < 4.78 is 0. The Hall–Kier alpha value is -0.180. The lowest BCUT2D eigenvalue weighted by Crippen LogP contribution is -2.45. The van der Waals surface area contributed by atoms with Crippen molar-refractivity contribution in [2.75, 3.05) is 38.2 Å². The first-order valence-corrected chi connectivity index (χ1v) is 10.5. The lowest BCUT2D eigenvalue weighted by atomic mass is 9.88. The van der Waals surface area contributed by atoms with Crippen molar-refractivity contribution in [1.29, 1.82) is 0 Å². The van der Waals surface area contributed by atoms with Crippen LogP contribution in [0.15, 0.2) is 4.99 Å². The lowest BCUT2D eigenvalue weighted by Gasteiger charge is -2.26. The van der Waals surface area contributed by atoms with E-state index in [0.717, 1.165) is 57.2 Å². The number of aliphatic imine (C=N–C) groups is 1. The van der Waals surface area contributed by atoms with Crippen LogP contribution in [0.5, 0.6) is 0 Å². The van der Waals surface area contributed by atoms with Crippen LogP contribution >= 0.6 is 35.7 Å². The molecule has 2 N–H and O–H groups in total. The highest BCUT2D eigenvalue weighted by atomic mass is 127. The van der Waals surface area contributed by atoms with E-state index in [-0.39, 0.29) is 29.9 Å². The molecule has 0 aromatic rings. The van der Waals surface area contributed by atoms with Crippen molar-refractivity contribution in [3.05, 3.63) is 0 Å². The van der Waals surface area contributed by atoms with Crippen molar-refractivity contribution < 1.29 is 4.79 Å². The van der Waals surface area contributed by atoms with Crippen LogP contribution in [0.3, 0.4) is 0 Å². The highest BCUT2D eigenvalue weighted by Crippen LogP contribution is 2.26. The second-order valence-corrected chi connectivity index (χ2v) is 7.49. The minimum absolute atomic E-state index is 0. The summed E-state index contributed by atoms with van der Waals surface area (Å²) in [5, 5.41) is 6.80. The van der Waals surface area contributed by atoms with Gasteiger partial charge < -0.3 is 15.5 Å². The molecule has 1 amide bonds. The molecule has 5 nitrogen and oxygen atoms in total. The van der Waals surface area contributed by atoms with Crippen LogP contribution < -0.4 is 10.6 Å². The molecule has 1 saturated carbocycles. The zero-order valence-corrected chi connectivity index (χ0v) is 18.2. The van der Waals surface area contributed by atoms with Crippen molar-refractivity contribution in [2.24, 2.45) is 10.9 Å². The number of hydrogen-bond acceptors (Lipinski definition) is 3. The average molecular weight is 468 g/mol. The Bertz CT molecular complexity index is 402. The van der Waals surface area contributed by atoms with Gasteiger partial charge in [0.1, 0.15) is 0 Å². The quantitative estimate of drug-likeness (QED) is 0.273. The van der Waals surface area contributed by atoms with Gasteiger partial charge in [-0.25, -0.2) is 0 Å². The molecule has 2 rings (SSSR count). The second-order valence-electron chi connectivity index (χ2n) is 6.50. The van der Waals surface area contributed by atoms with Crippen LogP contribution in [0.1, 0.15) is 45.4 Å². The number of likely N-dealkylation sites (tertiary alicyclic amines) is 1. The first-order valence-electron chi connectivity index (χ1n) is 9.07. The Morgan fingerprint density at radius 3 is 2.67 bits per heavy atom. The van der Waals surface area contributed by atoms with Gasteiger partial charge in [0.2, 0.25) is 5.91 Å². The summed E-state index contributed by atoms with van der Waals surface area (Å²) in [5.74, 6) is 2.59. The maximum absolute atomic E-state index is 12.6. The molecule has 1 atom stereocenters. The van der Waals surface area contributed by atoms with Gasteiger partial charge in [-0.15, -0.1) is 24.0 Å². The number of rotatable bonds is 6. The number of nitrogens with zero attached hydrogens (tertiary/aromatic N) is 2. The molecule has 1 heterocycles. The number of carbonyl (C=O) groups is 1. The van der Waals surface area contributed by atoms with E-state index in [1.165, 1.54) is 19.3 Å². The Morgan fingerprint density at radius 1 is 1.25 bits per heavy atom. The SMILES string of the molecule is CCNC(=NCCSC)NC1CCN(C(=O)C2CCCCC2)C1.I. The molecule has 0 radical (unpaired) electrons. The predicted molar refractivity (Wildman–Crippen MR) is 114 cm³/mol. The Kier molecular flexibility index (Phi) is 11.1. The smallest absolute Gasteiger partial charge is 0.225 e. The summed E-state index contributed by atoms with van der Waals surface area (Å²) >= 11 is 1.81. The molecule has 0 aromatic heterocycles. The largest absolute Gasteiger partial charge is 0.357 e. The lowest BCUT2D eigenvalue weighted by molar-refractivity contribution is -0.135. The third-order valence-corrected chi connectivity index (χ3v) is 5.30. The standard InChI is InChI=1S/C17H32N4OS.HI/c1-3-18-17(19-10-12-23-2)20-15-9-11-21(13-15)16(22)14-7-5-4-6-8-14;/h14-15H,3-13H2,1-2H3,(H2,18,19,20);1H. The molecule has 24 heavy (non-hydrogen) atoms. The zero-order chi connectivity index (χ0) is 16.5. The zero-order valence-electron chi connectivity index (χ0n) is 15.1. The van der Waals surface area contributed by atoms with Crippen molar-refractivity contribution in [1.82, 2.24) is 15.5 Å². The van der Waals surface area contributed by atoms with Gasteiger partial charge in [0, 0.05) is 37.3 Å². The second kappa shape index (κ2) is 12.2. The summed E-state index contributed by atoms with van der Waals surface area (Å²) in [6.45, 7) is 5.48. The summed E-state index contributed by atoms with van der Waals surface area (Å²) in [5.41, 5.74) is 0. The van der Waals surface area contributed by atoms with E-state index in [0.29, 0.717) is 11.9 Å². The minimum Gasteiger partial charge on any atom is -0.357 e. The fourth-order valence-corrected chi connectivity index (χ4v) is 3.72. The number of halogens is 1. The number of amides is 1. The van der Waals surface area contributed by atoms with E-state index in [9.17, 15) is 4.79 Å². The monoisotopic (exact) mass is 468 g/mol. The van der Waals surface area contributed by atoms with Gasteiger partial charge in [-0.1, -0.05) is 19.3 Å². The molecule has 0 aromatic carbocycles.